The third-order valence-electron chi connectivity index (χ3n) is 19.6. The van der Waals surface area contributed by atoms with Crippen LogP contribution in [-0.4, -0.2) is 11.3 Å². The molecular weight excluding hydrogens is 785 g/mol. The zero-order valence-corrected chi connectivity index (χ0v) is 40.9. The van der Waals surface area contributed by atoms with Gasteiger partial charge in [0.15, 0.2) is 0 Å². The van der Waals surface area contributed by atoms with Gasteiger partial charge in [-0.1, -0.05) is 105 Å². The van der Waals surface area contributed by atoms with Gasteiger partial charge in [0.1, 0.15) is 11.5 Å². The number of aromatic nitrogens is 1. The Labute approximate surface area is 389 Å². The lowest BCUT2D eigenvalue weighted by Crippen LogP contribution is -2.58. The molecule has 332 valence electrons. The summed E-state index contributed by atoms with van der Waals surface area (Å²) >= 11 is 0. The number of rotatable bonds is 3. The Kier molecular flexibility index (Phi) is 7.88. The molecule has 3 heteroatoms. The summed E-state index contributed by atoms with van der Waals surface area (Å²) < 4.78 is 10.2. The van der Waals surface area contributed by atoms with Crippen LogP contribution in [0.2, 0.25) is 0 Å². The molecule has 0 saturated heterocycles. The molecular formula is C62H70BNO. The fraction of sp³-hybridized carbons (Fsp3) is 0.516. The minimum Gasteiger partial charge on any atom is -0.458 e. The monoisotopic (exact) mass is 856 g/mol. The zero-order chi connectivity index (χ0) is 44.3. The predicted molar refractivity (Wildman–Crippen MR) is 273 cm³/mol. The van der Waals surface area contributed by atoms with E-state index in [2.05, 4.69) is 146 Å². The van der Waals surface area contributed by atoms with E-state index in [1.54, 1.807) is 16.7 Å². The molecule has 1 aromatic heterocycles. The van der Waals surface area contributed by atoms with E-state index in [4.69, 9.17) is 4.74 Å². The molecule has 65 heavy (non-hydrogen) atoms. The van der Waals surface area contributed by atoms with Crippen LogP contribution in [0.5, 0.6) is 11.5 Å². The van der Waals surface area contributed by atoms with Crippen molar-refractivity contribution in [2.24, 2.45) is 35.5 Å². The lowest BCUT2D eigenvalue weighted by molar-refractivity contribution is -0.00783. The van der Waals surface area contributed by atoms with Gasteiger partial charge in [0.2, 0.25) is 0 Å². The summed E-state index contributed by atoms with van der Waals surface area (Å²) in [4.78, 5) is 0. The van der Waals surface area contributed by atoms with Crippen LogP contribution in [0.1, 0.15) is 167 Å². The Bertz CT molecular complexity index is 2910. The standard InChI is InChI=1S/C62H70BNO/c1-58(2,3)42-13-15-51-45(25-42)46-26-44(60(7,8)9)28-50-57(46)64(51)52-23-41(24-54-56(52)63(50)49-27-43(59(4,5)6)14-16-53(49)65-54)55-47(61-29-35-17-36(30-61)19-37(18-35)31-61)11-10-12-48(55)62-32-38-20-39(33-62)22-40(21-38)34-62/h10-16,23-28,35-40H,17-22,29-34H2,1-9H3. The highest BCUT2D eigenvalue weighted by Crippen LogP contribution is 2.66. The Balaban J connectivity index is 1.09. The van der Waals surface area contributed by atoms with E-state index in [-0.39, 0.29) is 33.8 Å². The van der Waals surface area contributed by atoms with Crippen LogP contribution in [0.3, 0.4) is 0 Å². The summed E-state index contributed by atoms with van der Waals surface area (Å²) in [5.74, 6) is 7.48. The van der Waals surface area contributed by atoms with E-state index in [1.165, 1.54) is 143 Å². The lowest BCUT2D eigenvalue weighted by Gasteiger charge is -2.59. The molecule has 6 aromatic rings. The van der Waals surface area contributed by atoms with Crippen LogP contribution in [0.25, 0.3) is 38.6 Å². The van der Waals surface area contributed by atoms with E-state index in [9.17, 15) is 0 Å². The van der Waals surface area contributed by atoms with Gasteiger partial charge in [0.25, 0.3) is 6.71 Å². The van der Waals surface area contributed by atoms with E-state index >= 15 is 0 Å². The second-order valence-electron chi connectivity index (χ2n) is 27.1. The van der Waals surface area contributed by atoms with E-state index in [1.807, 2.05) is 0 Å². The summed E-state index contributed by atoms with van der Waals surface area (Å²) in [6, 6.07) is 32.9. The lowest BCUT2D eigenvalue weighted by atomic mass is 9.34. The van der Waals surface area contributed by atoms with Gasteiger partial charge < -0.3 is 9.30 Å². The fourth-order valence-electron chi connectivity index (χ4n) is 17.4. The summed E-state index contributed by atoms with van der Waals surface area (Å²) in [6.45, 7) is 21.4. The van der Waals surface area contributed by atoms with Gasteiger partial charge in [-0.15, -0.1) is 0 Å². The van der Waals surface area contributed by atoms with E-state index in [0.717, 1.165) is 47.0 Å². The largest absolute Gasteiger partial charge is 0.458 e. The maximum Gasteiger partial charge on any atom is 0.256 e. The summed E-state index contributed by atoms with van der Waals surface area (Å²) in [7, 11) is 0. The molecule has 0 unspecified atom stereocenters. The van der Waals surface area contributed by atoms with Crippen molar-refractivity contribution < 1.29 is 4.74 Å². The van der Waals surface area contributed by atoms with Crippen LogP contribution in [0, 0.1) is 35.5 Å². The number of hydrogen-bond acceptors (Lipinski definition) is 1. The molecule has 10 aliphatic rings. The molecule has 8 bridgehead atoms. The minimum absolute atomic E-state index is 0.0103. The average Bonchev–Trinajstić information content (AvgIpc) is 3.57. The maximum absolute atomic E-state index is 7.48. The maximum atomic E-state index is 7.48. The van der Waals surface area contributed by atoms with Crippen molar-refractivity contribution in [2.45, 2.75) is 166 Å². The molecule has 8 aliphatic carbocycles. The van der Waals surface area contributed by atoms with Gasteiger partial charge >= 0.3 is 0 Å². The Morgan fingerprint density at radius 1 is 0.508 bits per heavy atom. The Morgan fingerprint density at radius 2 is 1.00 bits per heavy atom. The van der Waals surface area contributed by atoms with E-state index in [0.29, 0.717) is 0 Å². The Morgan fingerprint density at radius 3 is 1.54 bits per heavy atom. The second kappa shape index (κ2) is 12.8. The summed E-state index contributed by atoms with van der Waals surface area (Å²) in [5.41, 5.74) is 19.4. The second-order valence-corrected chi connectivity index (χ2v) is 27.1. The topological polar surface area (TPSA) is 14.2 Å². The van der Waals surface area contributed by atoms with Crippen molar-refractivity contribution in [2.75, 3.05) is 0 Å². The average molecular weight is 856 g/mol. The van der Waals surface area contributed by atoms with E-state index < -0.39 is 0 Å². The van der Waals surface area contributed by atoms with Crippen LogP contribution >= 0.6 is 0 Å². The predicted octanol–water partition coefficient (Wildman–Crippen LogP) is 14.2. The number of benzene rings is 5. The van der Waals surface area contributed by atoms with Crippen molar-refractivity contribution in [1.82, 2.24) is 4.57 Å². The van der Waals surface area contributed by atoms with Gasteiger partial charge in [-0.3, -0.25) is 0 Å². The first kappa shape index (κ1) is 39.9. The number of ether oxygens (including phenoxy) is 1. The first-order valence-corrected chi connectivity index (χ1v) is 26.2. The van der Waals surface area contributed by atoms with Gasteiger partial charge in [-0.2, -0.15) is 0 Å². The quantitative estimate of drug-likeness (QED) is 0.162. The normalized spacial score (nSPS) is 30.3. The molecule has 0 spiro atoms. The number of nitrogens with zero attached hydrogens (tertiary/aromatic N) is 1. The highest BCUT2D eigenvalue weighted by atomic mass is 16.5. The summed E-state index contributed by atoms with van der Waals surface area (Å²) in [6.07, 6.45) is 17.2. The third-order valence-corrected chi connectivity index (χ3v) is 19.6. The highest BCUT2D eigenvalue weighted by molar-refractivity contribution is 6.99. The third kappa shape index (κ3) is 5.66. The molecule has 0 amide bonds. The molecule has 8 fully saturated rings. The molecule has 0 radical (unpaired) electrons. The van der Waals surface area contributed by atoms with Gasteiger partial charge in [-0.05, 0) is 231 Å². The molecule has 0 atom stereocenters. The SMILES string of the molecule is CC(C)(C)c1ccc2c(c1)B1c3c(cc(-c4c(C56CC7CC(CC(C7)C5)C6)cccc4C45CC6CC(CC(C6)C4)C5)cc3-n3c4ccc(C(C)(C)C)cc4c4cc(C(C)(C)C)cc1c43)O2. The zero-order valence-electron chi connectivity index (χ0n) is 40.9. The van der Waals surface area contributed by atoms with Crippen molar-refractivity contribution in [3.63, 3.8) is 0 Å². The molecule has 3 heterocycles. The van der Waals surface area contributed by atoms with Crippen LogP contribution in [-0.2, 0) is 27.1 Å². The molecule has 2 nitrogen and oxygen atoms in total. The Hall–Kier alpha value is -4.24. The van der Waals surface area contributed by atoms with Crippen molar-refractivity contribution in [3.05, 3.63) is 107 Å². The van der Waals surface area contributed by atoms with Gasteiger partial charge in [-0.25, -0.2) is 0 Å². The van der Waals surface area contributed by atoms with Crippen LogP contribution in [0.15, 0.2) is 78.9 Å². The molecule has 5 aromatic carbocycles. The molecule has 8 saturated carbocycles. The van der Waals surface area contributed by atoms with Crippen molar-refractivity contribution in [1.29, 1.82) is 0 Å². The van der Waals surface area contributed by atoms with Gasteiger partial charge in [0, 0.05) is 22.0 Å². The molecule has 0 N–H and O–H groups in total. The first-order chi connectivity index (χ1) is 30.9. The molecule has 16 rings (SSSR count). The van der Waals surface area contributed by atoms with Gasteiger partial charge in [0.05, 0.1) is 5.52 Å². The number of hydrogen-bond donors (Lipinski definition) is 0. The first-order valence-electron chi connectivity index (χ1n) is 26.2. The number of fused-ring (bicyclic) bond motifs is 7. The smallest absolute Gasteiger partial charge is 0.256 e. The van der Waals surface area contributed by atoms with Crippen LogP contribution < -0.4 is 21.1 Å². The summed E-state index contributed by atoms with van der Waals surface area (Å²) in [5, 5.41) is 2.78. The highest BCUT2D eigenvalue weighted by Gasteiger charge is 2.56. The van der Waals surface area contributed by atoms with Crippen molar-refractivity contribution in [3.8, 4) is 28.3 Å². The minimum atomic E-state index is -0.0103. The molecule has 2 aliphatic heterocycles. The fourth-order valence-corrected chi connectivity index (χ4v) is 17.4. The van der Waals surface area contributed by atoms with Crippen LogP contribution in [0.4, 0.5) is 0 Å². The van der Waals surface area contributed by atoms with Crippen molar-refractivity contribution >= 4 is 44.9 Å².